The zero-order chi connectivity index (χ0) is 13.9. The molecule has 19 heavy (non-hydrogen) atoms. The van der Waals surface area contributed by atoms with E-state index in [1.165, 1.54) is 0 Å². The molecule has 2 rings (SSSR count). The van der Waals surface area contributed by atoms with Crippen LogP contribution in [0.1, 0.15) is 24.2 Å². The van der Waals surface area contributed by atoms with E-state index in [1.54, 1.807) is 55.5 Å². The zero-order valence-corrected chi connectivity index (χ0v) is 10.7. The zero-order valence-electron chi connectivity index (χ0n) is 10.7. The van der Waals surface area contributed by atoms with Crippen molar-refractivity contribution in [2.75, 3.05) is 0 Å². The van der Waals surface area contributed by atoms with Gasteiger partial charge in [-0.25, -0.2) is 0 Å². The van der Waals surface area contributed by atoms with Crippen LogP contribution in [0.5, 0.6) is 0 Å². The average Bonchev–Trinajstić information content (AvgIpc) is 2.47. The fourth-order valence-corrected chi connectivity index (χ4v) is 2.15. The number of aliphatic hydroxyl groups excluding tert-OH is 1. The lowest BCUT2D eigenvalue weighted by atomic mass is 9.75. The number of aliphatic hydroxyl groups is 1. The Morgan fingerprint density at radius 3 is 1.95 bits per heavy atom. The smallest absolute Gasteiger partial charge is 0.316 e. The highest BCUT2D eigenvalue weighted by atomic mass is 16.4. The molecule has 0 amide bonds. The molecule has 2 aromatic carbocycles. The van der Waals surface area contributed by atoms with Gasteiger partial charge in [0.05, 0.1) is 6.10 Å². The summed E-state index contributed by atoms with van der Waals surface area (Å²) in [4.78, 5) is 11.7. The van der Waals surface area contributed by atoms with Crippen molar-refractivity contribution in [1.29, 1.82) is 0 Å². The Morgan fingerprint density at radius 1 is 1.00 bits per heavy atom. The predicted octanol–water partition coefficient (Wildman–Crippen LogP) is 2.76. The van der Waals surface area contributed by atoms with E-state index in [0.29, 0.717) is 11.1 Å². The number of rotatable bonds is 4. The Bertz CT molecular complexity index is 551. The molecule has 0 bridgehead atoms. The molecule has 2 atom stereocenters. The summed E-state index contributed by atoms with van der Waals surface area (Å²) >= 11 is 0. The highest BCUT2D eigenvalue weighted by molar-refractivity contribution is 5.82. The molecule has 2 aromatic rings. The topological polar surface area (TPSA) is 57.5 Å². The Morgan fingerprint density at radius 2 is 1.47 bits per heavy atom. The van der Waals surface area contributed by atoms with Gasteiger partial charge in [-0.05, 0) is 18.1 Å². The molecule has 0 saturated heterocycles. The second-order valence-electron chi connectivity index (χ2n) is 4.69. The van der Waals surface area contributed by atoms with Crippen molar-refractivity contribution in [3.63, 3.8) is 0 Å². The van der Waals surface area contributed by atoms with Crippen molar-refractivity contribution in [1.82, 2.24) is 0 Å². The van der Waals surface area contributed by atoms with Gasteiger partial charge < -0.3 is 10.2 Å². The number of carboxylic acid groups (broad SMARTS) is 1. The molecule has 0 unspecified atom stereocenters. The van der Waals surface area contributed by atoms with Gasteiger partial charge in [0.15, 0.2) is 0 Å². The van der Waals surface area contributed by atoms with Crippen LogP contribution in [-0.2, 0) is 10.2 Å². The van der Waals surface area contributed by atoms with Crippen LogP contribution < -0.4 is 0 Å². The number of hydrogen-bond donors (Lipinski definition) is 2. The first-order chi connectivity index (χ1) is 9.06. The van der Waals surface area contributed by atoms with Gasteiger partial charge in [-0.1, -0.05) is 60.7 Å². The van der Waals surface area contributed by atoms with E-state index in [9.17, 15) is 15.0 Å². The number of hydrogen-bond acceptors (Lipinski definition) is 2. The van der Waals surface area contributed by atoms with Crippen molar-refractivity contribution in [3.05, 3.63) is 71.8 Å². The summed E-state index contributed by atoms with van der Waals surface area (Å²) in [6.45, 7) is 1.54. The third kappa shape index (κ3) is 2.37. The SMILES string of the molecule is C[C@@](C(=O)O)(c1ccccc1)[C@H](O)c1ccccc1. The minimum Gasteiger partial charge on any atom is -0.481 e. The minimum atomic E-state index is -1.37. The van der Waals surface area contributed by atoms with Crippen LogP contribution in [0.15, 0.2) is 60.7 Å². The molecule has 0 fully saturated rings. The van der Waals surface area contributed by atoms with Crippen molar-refractivity contribution < 1.29 is 15.0 Å². The molecule has 98 valence electrons. The van der Waals surface area contributed by atoms with Gasteiger partial charge in [-0.2, -0.15) is 0 Å². The summed E-state index contributed by atoms with van der Waals surface area (Å²) < 4.78 is 0. The first kappa shape index (κ1) is 13.3. The second kappa shape index (κ2) is 5.24. The van der Waals surface area contributed by atoms with Crippen molar-refractivity contribution in [2.45, 2.75) is 18.4 Å². The maximum atomic E-state index is 11.7. The van der Waals surface area contributed by atoms with E-state index in [2.05, 4.69) is 0 Å². The Labute approximate surface area is 112 Å². The lowest BCUT2D eigenvalue weighted by Crippen LogP contribution is -2.38. The summed E-state index contributed by atoms with van der Waals surface area (Å²) in [5, 5.41) is 20.0. The number of carbonyl (C=O) groups is 1. The van der Waals surface area contributed by atoms with E-state index in [4.69, 9.17) is 0 Å². The van der Waals surface area contributed by atoms with E-state index in [-0.39, 0.29) is 0 Å². The largest absolute Gasteiger partial charge is 0.481 e. The molecule has 2 N–H and O–H groups in total. The monoisotopic (exact) mass is 256 g/mol. The van der Waals surface area contributed by atoms with Crippen molar-refractivity contribution >= 4 is 5.97 Å². The fourth-order valence-electron chi connectivity index (χ4n) is 2.15. The molecule has 0 aromatic heterocycles. The van der Waals surface area contributed by atoms with Crippen LogP contribution in [0.3, 0.4) is 0 Å². The standard InChI is InChI=1S/C16H16O3/c1-16(15(18)19,13-10-6-3-7-11-13)14(17)12-8-4-2-5-9-12/h2-11,14,17H,1H3,(H,18,19)/t14-,16-/m1/s1. The summed E-state index contributed by atoms with van der Waals surface area (Å²) in [5.41, 5.74) is -0.196. The first-order valence-electron chi connectivity index (χ1n) is 6.08. The first-order valence-corrected chi connectivity index (χ1v) is 6.08. The Hall–Kier alpha value is -2.13. The predicted molar refractivity (Wildman–Crippen MR) is 72.8 cm³/mol. The van der Waals surface area contributed by atoms with Crippen LogP contribution in [0.25, 0.3) is 0 Å². The van der Waals surface area contributed by atoms with Gasteiger partial charge in [0.25, 0.3) is 0 Å². The van der Waals surface area contributed by atoms with E-state index < -0.39 is 17.5 Å². The van der Waals surface area contributed by atoms with Crippen LogP contribution in [0.2, 0.25) is 0 Å². The van der Waals surface area contributed by atoms with Crippen molar-refractivity contribution in [2.24, 2.45) is 0 Å². The van der Waals surface area contributed by atoms with E-state index in [1.807, 2.05) is 12.1 Å². The Kier molecular flexibility index (Phi) is 3.67. The molecule has 0 spiro atoms. The normalized spacial score (nSPS) is 15.5. The molecule has 0 aliphatic carbocycles. The molecule has 3 heteroatoms. The van der Waals surface area contributed by atoms with Crippen LogP contribution in [0.4, 0.5) is 0 Å². The number of benzene rings is 2. The molecular formula is C16H16O3. The summed E-state index contributed by atoms with van der Waals surface area (Å²) in [6, 6.07) is 17.7. The number of carboxylic acids is 1. The lowest BCUT2D eigenvalue weighted by molar-refractivity contribution is -0.148. The van der Waals surface area contributed by atoms with Crippen molar-refractivity contribution in [3.8, 4) is 0 Å². The maximum absolute atomic E-state index is 11.7. The summed E-state index contributed by atoms with van der Waals surface area (Å²) in [7, 11) is 0. The molecular weight excluding hydrogens is 240 g/mol. The van der Waals surface area contributed by atoms with E-state index >= 15 is 0 Å². The molecule has 0 radical (unpaired) electrons. The molecule has 0 aliphatic heterocycles. The third-order valence-electron chi connectivity index (χ3n) is 3.48. The molecule has 0 saturated carbocycles. The van der Waals surface area contributed by atoms with Gasteiger partial charge in [0.1, 0.15) is 5.41 Å². The Balaban J connectivity index is 2.49. The van der Waals surface area contributed by atoms with Crippen LogP contribution >= 0.6 is 0 Å². The van der Waals surface area contributed by atoms with Gasteiger partial charge in [-0.3, -0.25) is 4.79 Å². The van der Waals surface area contributed by atoms with Gasteiger partial charge in [0, 0.05) is 0 Å². The lowest BCUT2D eigenvalue weighted by Gasteiger charge is -2.31. The third-order valence-corrected chi connectivity index (χ3v) is 3.48. The maximum Gasteiger partial charge on any atom is 0.316 e. The summed E-state index contributed by atoms with van der Waals surface area (Å²) in [5.74, 6) is -1.05. The highest BCUT2D eigenvalue weighted by Crippen LogP contribution is 2.37. The highest BCUT2D eigenvalue weighted by Gasteiger charge is 2.43. The minimum absolute atomic E-state index is 0.582. The molecule has 0 heterocycles. The van der Waals surface area contributed by atoms with Gasteiger partial charge in [0.2, 0.25) is 0 Å². The second-order valence-corrected chi connectivity index (χ2v) is 4.69. The number of aliphatic carboxylic acids is 1. The average molecular weight is 256 g/mol. The quantitative estimate of drug-likeness (QED) is 0.884. The van der Waals surface area contributed by atoms with Gasteiger partial charge >= 0.3 is 5.97 Å². The van der Waals surface area contributed by atoms with Crippen LogP contribution in [-0.4, -0.2) is 16.2 Å². The van der Waals surface area contributed by atoms with E-state index in [0.717, 1.165) is 0 Å². The van der Waals surface area contributed by atoms with Crippen LogP contribution in [0, 0.1) is 0 Å². The van der Waals surface area contributed by atoms with Gasteiger partial charge in [-0.15, -0.1) is 0 Å². The summed E-state index contributed by atoms with van der Waals surface area (Å²) in [6.07, 6.45) is -1.10. The molecule has 3 nitrogen and oxygen atoms in total. The fraction of sp³-hybridized carbons (Fsp3) is 0.188. The molecule has 0 aliphatic rings.